The molecule has 1 amide bonds. The molecule has 9 nitrogen and oxygen atoms in total. The molecule has 0 unspecified atom stereocenters. The van der Waals surface area contributed by atoms with Crippen molar-refractivity contribution in [2.45, 2.75) is 6.18 Å². The number of piperazine rings is 1. The molecule has 174 valence electrons. The summed E-state index contributed by atoms with van der Waals surface area (Å²) in [6.07, 6.45) is -4.39. The Hall–Kier alpha value is -3.41. The third-order valence-electron chi connectivity index (χ3n) is 5.89. The van der Waals surface area contributed by atoms with Gasteiger partial charge in [0.25, 0.3) is 0 Å². The summed E-state index contributed by atoms with van der Waals surface area (Å²) < 4.78 is 45.7. The number of nitrogens with zero attached hydrogens (tertiary/aromatic N) is 7. The van der Waals surface area contributed by atoms with E-state index in [9.17, 15) is 18.0 Å². The SMILES string of the molecule is O=C(N1CCN(c2cccc(C(F)(F)F)c2)CC1)n1nnc2ccc(N3CCOCC3)nc21. The molecule has 0 atom stereocenters. The summed E-state index contributed by atoms with van der Waals surface area (Å²) in [7, 11) is 0. The number of anilines is 2. The van der Waals surface area contributed by atoms with Crippen molar-refractivity contribution in [3.63, 3.8) is 0 Å². The maximum Gasteiger partial charge on any atom is 0.416 e. The second-order valence-corrected chi connectivity index (χ2v) is 7.92. The Kier molecular flexibility index (Phi) is 5.52. The minimum Gasteiger partial charge on any atom is -0.378 e. The molecule has 0 N–H and O–H groups in total. The molecule has 1 aromatic carbocycles. The largest absolute Gasteiger partial charge is 0.416 e. The Morgan fingerprint density at radius 2 is 1.70 bits per heavy atom. The van der Waals surface area contributed by atoms with Gasteiger partial charge in [0.2, 0.25) is 0 Å². The number of benzene rings is 1. The zero-order valence-corrected chi connectivity index (χ0v) is 17.7. The number of carbonyl (C=O) groups excluding carboxylic acids is 1. The fourth-order valence-corrected chi connectivity index (χ4v) is 4.07. The highest BCUT2D eigenvalue weighted by atomic mass is 19.4. The van der Waals surface area contributed by atoms with Gasteiger partial charge in [0.05, 0.1) is 18.8 Å². The van der Waals surface area contributed by atoms with Gasteiger partial charge in [-0.2, -0.15) is 13.2 Å². The van der Waals surface area contributed by atoms with Crippen LogP contribution in [0.4, 0.5) is 29.5 Å². The molecule has 4 heterocycles. The number of pyridine rings is 1. The lowest BCUT2D eigenvalue weighted by Crippen LogP contribution is -2.50. The maximum absolute atomic E-state index is 13.1. The number of amides is 1. The van der Waals surface area contributed by atoms with Gasteiger partial charge in [0.1, 0.15) is 11.3 Å². The Morgan fingerprint density at radius 1 is 0.939 bits per heavy atom. The average molecular weight is 461 g/mol. The zero-order valence-electron chi connectivity index (χ0n) is 17.7. The highest BCUT2D eigenvalue weighted by Crippen LogP contribution is 2.32. The minimum absolute atomic E-state index is 0.347. The number of rotatable bonds is 2. The van der Waals surface area contributed by atoms with Gasteiger partial charge >= 0.3 is 12.2 Å². The second-order valence-electron chi connectivity index (χ2n) is 7.92. The summed E-state index contributed by atoms with van der Waals surface area (Å²) in [6.45, 7) is 4.17. The number of morpholine rings is 1. The van der Waals surface area contributed by atoms with Crippen molar-refractivity contribution in [2.24, 2.45) is 0 Å². The highest BCUT2D eigenvalue weighted by molar-refractivity contribution is 5.86. The van der Waals surface area contributed by atoms with Crippen LogP contribution in [0, 0.1) is 0 Å². The predicted octanol–water partition coefficient (Wildman–Crippen LogP) is 2.47. The van der Waals surface area contributed by atoms with Crippen molar-refractivity contribution in [1.29, 1.82) is 0 Å². The van der Waals surface area contributed by atoms with Crippen molar-refractivity contribution in [3.05, 3.63) is 42.0 Å². The normalized spacial score (nSPS) is 17.6. The van der Waals surface area contributed by atoms with Gasteiger partial charge in [-0.1, -0.05) is 11.3 Å². The van der Waals surface area contributed by atoms with Crippen LogP contribution in [-0.2, 0) is 10.9 Å². The molecule has 0 radical (unpaired) electrons. The van der Waals surface area contributed by atoms with E-state index in [1.165, 1.54) is 10.7 Å². The van der Waals surface area contributed by atoms with Crippen LogP contribution in [0.15, 0.2) is 36.4 Å². The summed E-state index contributed by atoms with van der Waals surface area (Å²) in [5.41, 5.74) is 0.696. The van der Waals surface area contributed by atoms with Crippen LogP contribution in [0.2, 0.25) is 0 Å². The summed E-state index contributed by atoms with van der Waals surface area (Å²) in [6, 6.07) is 8.52. The lowest BCUT2D eigenvalue weighted by molar-refractivity contribution is -0.137. The van der Waals surface area contributed by atoms with Crippen molar-refractivity contribution < 1.29 is 22.7 Å². The maximum atomic E-state index is 13.1. The summed E-state index contributed by atoms with van der Waals surface area (Å²) in [5, 5.41) is 8.06. The van der Waals surface area contributed by atoms with Gasteiger partial charge in [-0.25, -0.2) is 9.78 Å². The minimum atomic E-state index is -4.39. The first kappa shape index (κ1) is 21.4. The summed E-state index contributed by atoms with van der Waals surface area (Å²) in [4.78, 5) is 23.3. The molecule has 0 bridgehead atoms. The monoisotopic (exact) mass is 461 g/mol. The van der Waals surface area contributed by atoms with E-state index in [0.717, 1.165) is 18.0 Å². The molecule has 12 heteroatoms. The van der Waals surface area contributed by atoms with Crippen LogP contribution in [0.1, 0.15) is 5.56 Å². The molecular formula is C21H22F3N7O2. The van der Waals surface area contributed by atoms with Crippen molar-refractivity contribution in [3.8, 4) is 0 Å². The number of hydrogen-bond donors (Lipinski definition) is 0. The molecule has 0 spiro atoms. The Balaban J connectivity index is 1.30. The van der Waals surface area contributed by atoms with E-state index in [4.69, 9.17) is 4.74 Å². The fourth-order valence-electron chi connectivity index (χ4n) is 4.07. The van der Waals surface area contributed by atoms with Crippen LogP contribution < -0.4 is 9.80 Å². The van der Waals surface area contributed by atoms with Crippen molar-refractivity contribution in [1.82, 2.24) is 24.9 Å². The van der Waals surface area contributed by atoms with Crippen LogP contribution in [0.5, 0.6) is 0 Å². The Bertz CT molecular complexity index is 1150. The van der Waals surface area contributed by atoms with E-state index >= 15 is 0 Å². The van der Waals surface area contributed by atoms with Gasteiger partial charge in [-0.3, -0.25) is 0 Å². The lowest BCUT2D eigenvalue weighted by atomic mass is 10.1. The van der Waals surface area contributed by atoms with E-state index < -0.39 is 11.7 Å². The molecule has 33 heavy (non-hydrogen) atoms. The van der Waals surface area contributed by atoms with Gasteiger partial charge in [0, 0.05) is 45.0 Å². The topological polar surface area (TPSA) is 79.6 Å². The van der Waals surface area contributed by atoms with Crippen LogP contribution in [-0.4, -0.2) is 83.4 Å². The summed E-state index contributed by atoms with van der Waals surface area (Å²) in [5.74, 6) is 0.733. The first-order valence-corrected chi connectivity index (χ1v) is 10.7. The third kappa shape index (κ3) is 4.30. The number of halogens is 3. The molecular weight excluding hydrogens is 439 g/mol. The molecule has 2 aliphatic rings. The molecule has 2 saturated heterocycles. The lowest BCUT2D eigenvalue weighted by Gasteiger charge is -2.36. The number of carbonyl (C=O) groups is 1. The Morgan fingerprint density at radius 3 is 2.42 bits per heavy atom. The first-order chi connectivity index (χ1) is 15.9. The van der Waals surface area contributed by atoms with E-state index in [-0.39, 0.29) is 6.03 Å². The zero-order chi connectivity index (χ0) is 23.0. The number of fused-ring (bicyclic) bond motifs is 1. The molecule has 0 aliphatic carbocycles. The molecule has 5 rings (SSSR count). The van der Waals surface area contributed by atoms with Crippen LogP contribution in [0.3, 0.4) is 0 Å². The number of aromatic nitrogens is 4. The van der Waals surface area contributed by atoms with Gasteiger partial charge in [0.15, 0.2) is 5.65 Å². The number of alkyl halides is 3. The second kappa shape index (κ2) is 8.50. The standard InChI is InChI=1S/C21H22F3N7O2/c22-21(23,24)15-2-1-3-16(14-15)28-6-8-30(9-7-28)20(32)31-19-17(26-27-31)4-5-18(25-19)29-10-12-33-13-11-29/h1-5,14H,6-13H2. The predicted molar refractivity (Wildman–Crippen MR) is 114 cm³/mol. The first-order valence-electron chi connectivity index (χ1n) is 10.7. The molecule has 2 aliphatic heterocycles. The van der Waals surface area contributed by atoms with Gasteiger partial charge in [-0.15, -0.1) is 9.78 Å². The smallest absolute Gasteiger partial charge is 0.378 e. The van der Waals surface area contributed by atoms with Gasteiger partial charge < -0.3 is 19.4 Å². The summed E-state index contributed by atoms with van der Waals surface area (Å²) >= 11 is 0. The van der Waals surface area contributed by atoms with Crippen LogP contribution >= 0.6 is 0 Å². The quantitative estimate of drug-likeness (QED) is 0.580. The third-order valence-corrected chi connectivity index (χ3v) is 5.89. The molecule has 0 saturated carbocycles. The van der Waals surface area contributed by atoms with E-state index in [2.05, 4.69) is 20.2 Å². The molecule has 2 fully saturated rings. The van der Waals surface area contributed by atoms with Crippen LogP contribution in [0.25, 0.3) is 11.2 Å². The number of hydrogen-bond acceptors (Lipinski definition) is 7. The van der Waals surface area contributed by atoms with Crippen molar-refractivity contribution >= 4 is 28.7 Å². The molecule has 3 aromatic rings. The number of ether oxygens (including phenoxy) is 1. The van der Waals surface area contributed by atoms with E-state index in [1.807, 2.05) is 11.0 Å². The Labute approximate surface area is 187 Å². The van der Waals surface area contributed by atoms with Crippen molar-refractivity contribution in [2.75, 3.05) is 62.3 Å². The fraction of sp³-hybridized carbons (Fsp3) is 0.429. The highest BCUT2D eigenvalue weighted by Gasteiger charge is 2.31. The molecule has 2 aromatic heterocycles. The van der Waals surface area contributed by atoms with E-state index in [0.29, 0.717) is 69.3 Å². The van der Waals surface area contributed by atoms with E-state index in [1.54, 1.807) is 17.0 Å². The average Bonchev–Trinajstić information content (AvgIpc) is 3.27. The van der Waals surface area contributed by atoms with Gasteiger partial charge in [-0.05, 0) is 30.3 Å².